The number of thiophene rings is 1. The van der Waals surface area contributed by atoms with Gasteiger partial charge in [0.2, 0.25) is 6.79 Å². The third-order valence-electron chi connectivity index (χ3n) is 4.67. The van der Waals surface area contributed by atoms with Crippen LogP contribution in [-0.4, -0.2) is 16.3 Å². The molecule has 3 heterocycles. The molecule has 0 saturated heterocycles. The molecule has 5 rings (SSSR count). The number of nitrogens with zero attached hydrogens (tertiary/aromatic N) is 2. The zero-order valence-corrected chi connectivity index (χ0v) is 17.1. The van der Waals surface area contributed by atoms with Crippen molar-refractivity contribution >= 4 is 33.3 Å². The van der Waals surface area contributed by atoms with Crippen LogP contribution in [0.2, 0.25) is 0 Å². The Bertz CT molecular complexity index is 1320. The Morgan fingerprint density at radius 3 is 2.87 bits per heavy atom. The summed E-state index contributed by atoms with van der Waals surface area (Å²) in [5.74, 6) is 0.430. The molecule has 2 aromatic carbocycles. The molecule has 1 aliphatic rings. The van der Waals surface area contributed by atoms with Crippen LogP contribution < -0.4 is 15.0 Å². The fourth-order valence-electron chi connectivity index (χ4n) is 3.19. The van der Waals surface area contributed by atoms with Crippen molar-refractivity contribution in [2.45, 2.75) is 17.5 Å². The average Bonchev–Trinajstić information content (AvgIpc) is 3.40. The van der Waals surface area contributed by atoms with Gasteiger partial charge in [0.15, 0.2) is 16.7 Å². The molecule has 30 heavy (non-hydrogen) atoms. The highest BCUT2D eigenvalue weighted by Gasteiger charge is 2.17. The van der Waals surface area contributed by atoms with Gasteiger partial charge in [0.25, 0.3) is 5.56 Å². The summed E-state index contributed by atoms with van der Waals surface area (Å²) in [6.07, 6.45) is 0. The van der Waals surface area contributed by atoms with E-state index in [0.717, 1.165) is 23.8 Å². The molecule has 0 amide bonds. The minimum atomic E-state index is -0.508. The summed E-state index contributed by atoms with van der Waals surface area (Å²) in [4.78, 5) is 17.7. The van der Waals surface area contributed by atoms with Gasteiger partial charge in [-0.1, -0.05) is 17.8 Å². The Balaban J connectivity index is 1.52. The highest BCUT2D eigenvalue weighted by atomic mass is 32.2. The van der Waals surface area contributed by atoms with E-state index in [1.165, 1.54) is 23.1 Å². The first-order chi connectivity index (χ1) is 14.6. The maximum absolute atomic E-state index is 14.0. The van der Waals surface area contributed by atoms with Crippen LogP contribution in [0.4, 0.5) is 8.78 Å². The second-order valence-corrected chi connectivity index (χ2v) is 8.49. The lowest BCUT2D eigenvalue weighted by Gasteiger charge is -2.13. The summed E-state index contributed by atoms with van der Waals surface area (Å²) in [6, 6.07) is 10.6. The number of thioether (sulfide) groups is 1. The maximum Gasteiger partial charge on any atom is 0.272 e. The van der Waals surface area contributed by atoms with Crippen molar-refractivity contribution in [2.75, 3.05) is 6.79 Å². The van der Waals surface area contributed by atoms with Crippen molar-refractivity contribution in [3.8, 4) is 11.5 Å². The quantitative estimate of drug-likeness (QED) is 0.327. The zero-order valence-electron chi connectivity index (χ0n) is 15.4. The van der Waals surface area contributed by atoms with Crippen LogP contribution in [0.3, 0.4) is 0 Å². The topological polar surface area (TPSA) is 53.4 Å². The van der Waals surface area contributed by atoms with Gasteiger partial charge < -0.3 is 9.47 Å². The number of benzene rings is 2. The molecule has 0 radical (unpaired) electrons. The van der Waals surface area contributed by atoms with E-state index in [4.69, 9.17) is 9.47 Å². The summed E-state index contributed by atoms with van der Waals surface area (Å²) in [7, 11) is 0. The Morgan fingerprint density at radius 1 is 1.10 bits per heavy atom. The lowest BCUT2D eigenvalue weighted by Crippen LogP contribution is -2.23. The SMILES string of the molecule is O=c1c2sccc2nc(SCc2cc(F)ccc2F)n1Cc1ccc2c(c1)OCO2. The van der Waals surface area contributed by atoms with Gasteiger partial charge in [0, 0.05) is 11.3 Å². The fourth-order valence-corrected chi connectivity index (χ4v) is 4.94. The van der Waals surface area contributed by atoms with Crippen LogP contribution in [0.25, 0.3) is 10.2 Å². The minimum Gasteiger partial charge on any atom is -0.454 e. The number of hydrogen-bond acceptors (Lipinski definition) is 6. The van der Waals surface area contributed by atoms with Gasteiger partial charge in [-0.15, -0.1) is 11.3 Å². The van der Waals surface area contributed by atoms with Crippen molar-refractivity contribution in [1.82, 2.24) is 9.55 Å². The third kappa shape index (κ3) is 3.54. The number of halogens is 2. The van der Waals surface area contributed by atoms with Gasteiger partial charge in [0.1, 0.15) is 16.3 Å². The molecule has 0 atom stereocenters. The van der Waals surface area contributed by atoms with E-state index in [1.54, 1.807) is 16.7 Å². The molecule has 0 saturated carbocycles. The fraction of sp³-hybridized carbons (Fsp3) is 0.143. The monoisotopic (exact) mass is 444 g/mol. The van der Waals surface area contributed by atoms with Crippen LogP contribution in [0, 0.1) is 11.6 Å². The third-order valence-corrected chi connectivity index (χ3v) is 6.59. The van der Waals surface area contributed by atoms with Crippen molar-refractivity contribution in [2.24, 2.45) is 0 Å². The van der Waals surface area contributed by atoms with Crippen molar-refractivity contribution in [1.29, 1.82) is 0 Å². The van der Waals surface area contributed by atoms with Gasteiger partial charge in [0.05, 0.1) is 12.1 Å². The molecule has 0 spiro atoms. The molecule has 2 aromatic heterocycles. The lowest BCUT2D eigenvalue weighted by atomic mass is 10.2. The Labute approximate surface area is 177 Å². The molecule has 0 bridgehead atoms. The summed E-state index contributed by atoms with van der Waals surface area (Å²) in [5.41, 5.74) is 1.48. The Hall–Kier alpha value is -2.91. The van der Waals surface area contributed by atoms with E-state index >= 15 is 0 Å². The number of aromatic nitrogens is 2. The number of ether oxygens (including phenoxy) is 2. The molecule has 152 valence electrons. The Morgan fingerprint density at radius 2 is 1.97 bits per heavy atom. The molecule has 0 aliphatic carbocycles. The standard InChI is InChI=1S/C21H14F2N2O3S2/c22-14-2-3-15(23)13(8-14)10-30-21-24-16-5-6-29-19(16)20(26)25(21)9-12-1-4-17-18(7-12)28-11-27-17/h1-8H,9-11H2. The van der Waals surface area contributed by atoms with Crippen LogP contribution >= 0.6 is 23.1 Å². The van der Waals surface area contributed by atoms with Crippen molar-refractivity contribution in [3.05, 3.63) is 81.0 Å². The Kier molecular flexibility index (Phi) is 4.92. The molecule has 0 N–H and O–H groups in total. The highest BCUT2D eigenvalue weighted by molar-refractivity contribution is 7.98. The normalized spacial score (nSPS) is 12.6. The molecular formula is C21H14F2N2O3S2. The molecule has 0 fully saturated rings. The summed E-state index contributed by atoms with van der Waals surface area (Å²) >= 11 is 2.52. The van der Waals surface area contributed by atoms with E-state index in [0.29, 0.717) is 26.9 Å². The number of hydrogen-bond donors (Lipinski definition) is 0. The van der Waals surface area contributed by atoms with Crippen LogP contribution in [0.1, 0.15) is 11.1 Å². The number of rotatable bonds is 5. The second-order valence-electron chi connectivity index (χ2n) is 6.63. The van der Waals surface area contributed by atoms with Gasteiger partial charge >= 0.3 is 0 Å². The smallest absolute Gasteiger partial charge is 0.272 e. The van der Waals surface area contributed by atoms with E-state index in [2.05, 4.69) is 4.98 Å². The summed E-state index contributed by atoms with van der Waals surface area (Å²) in [6.45, 7) is 0.437. The summed E-state index contributed by atoms with van der Waals surface area (Å²) < 4.78 is 40.4. The highest BCUT2D eigenvalue weighted by Crippen LogP contribution is 2.33. The van der Waals surface area contributed by atoms with Gasteiger partial charge in [-0.25, -0.2) is 13.8 Å². The largest absolute Gasteiger partial charge is 0.454 e. The number of fused-ring (bicyclic) bond motifs is 2. The van der Waals surface area contributed by atoms with E-state index < -0.39 is 11.6 Å². The second kappa shape index (κ2) is 7.73. The first-order valence-corrected chi connectivity index (χ1v) is 10.9. The average molecular weight is 444 g/mol. The van der Waals surface area contributed by atoms with E-state index in [-0.39, 0.29) is 30.2 Å². The lowest BCUT2D eigenvalue weighted by molar-refractivity contribution is 0.174. The zero-order chi connectivity index (χ0) is 20.7. The van der Waals surface area contributed by atoms with Gasteiger partial charge in [-0.2, -0.15) is 0 Å². The van der Waals surface area contributed by atoms with Gasteiger partial charge in [-0.05, 0) is 47.3 Å². The van der Waals surface area contributed by atoms with E-state index in [9.17, 15) is 13.6 Å². The molecule has 1 aliphatic heterocycles. The molecule has 0 unspecified atom stereocenters. The van der Waals surface area contributed by atoms with E-state index in [1.807, 2.05) is 17.5 Å². The van der Waals surface area contributed by atoms with Crippen LogP contribution in [0.5, 0.6) is 11.5 Å². The van der Waals surface area contributed by atoms with Crippen LogP contribution in [0.15, 0.2) is 57.8 Å². The molecule has 9 heteroatoms. The first-order valence-electron chi connectivity index (χ1n) is 9.02. The molecular weight excluding hydrogens is 430 g/mol. The predicted molar refractivity (Wildman–Crippen MR) is 111 cm³/mol. The van der Waals surface area contributed by atoms with Crippen LogP contribution in [-0.2, 0) is 12.3 Å². The van der Waals surface area contributed by atoms with Crippen molar-refractivity contribution < 1.29 is 18.3 Å². The molecule has 5 nitrogen and oxygen atoms in total. The summed E-state index contributed by atoms with van der Waals surface area (Å²) in [5, 5.41) is 2.25. The first kappa shape index (κ1) is 19.1. The maximum atomic E-state index is 14.0. The predicted octanol–water partition coefficient (Wildman–Crippen LogP) is 4.81. The molecule has 4 aromatic rings. The van der Waals surface area contributed by atoms with Gasteiger partial charge in [-0.3, -0.25) is 9.36 Å². The minimum absolute atomic E-state index is 0.146. The van der Waals surface area contributed by atoms with Crippen molar-refractivity contribution in [3.63, 3.8) is 0 Å².